The lowest BCUT2D eigenvalue weighted by Crippen LogP contribution is -2.62. The van der Waals surface area contributed by atoms with Crippen molar-refractivity contribution in [2.45, 2.75) is 63.1 Å². The Labute approximate surface area is 210 Å². The summed E-state index contributed by atoms with van der Waals surface area (Å²) in [4.78, 5) is 20.5. The van der Waals surface area contributed by atoms with Crippen LogP contribution in [0.2, 0.25) is 0 Å². The number of aliphatic imine (C=N–C) groups is 1. The van der Waals surface area contributed by atoms with Crippen LogP contribution in [0.5, 0.6) is 0 Å². The molecule has 186 valence electrons. The van der Waals surface area contributed by atoms with Crippen LogP contribution < -0.4 is 5.11 Å². The quantitative estimate of drug-likeness (QED) is 0.573. The van der Waals surface area contributed by atoms with E-state index in [9.17, 15) is 9.90 Å². The Bertz CT molecular complexity index is 1070. The second kappa shape index (κ2) is 9.87. The molecule has 1 aliphatic carbocycles. The first-order valence-electron chi connectivity index (χ1n) is 13.4. The van der Waals surface area contributed by atoms with Crippen molar-refractivity contribution in [1.82, 2.24) is 4.90 Å². The van der Waals surface area contributed by atoms with Crippen molar-refractivity contribution in [2.75, 3.05) is 33.7 Å². The van der Waals surface area contributed by atoms with Crippen LogP contribution in [0.4, 0.5) is 0 Å². The molecule has 1 saturated heterocycles. The van der Waals surface area contributed by atoms with Crippen molar-refractivity contribution >= 4 is 11.6 Å². The van der Waals surface area contributed by atoms with Crippen molar-refractivity contribution < 1.29 is 14.4 Å². The third-order valence-corrected chi connectivity index (χ3v) is 8.88. The molecule has 2 aromatic carbocycles. The summed E-state index contributed by atoms with van der Waals surface area (Å²) in [5, 5.41) is 14.3. The molecule has 5 rings (SSSR count). The van der Waals surface area contributed by atoms with Gasteiger partial charge in [-0.25, -0.2) is 0 Å². The van der Waals surface area contributed by atoms with Crippen LogP contribution in [0, 0.1) is 5.92 Å². The molecular formula is C30H39N3O2. The molecule has 2 aliphatic heterocycles. The lowest BCUT2D eigenvalue weighted by molar-refractivity contribution is -0.915. The zero-order chi connectivity index (χ0) is 24.5. The number of likely N-dealkylation sites (tertiary alicyclic amines) is 1. The summed E-state index contributed by atoms with van der Waals surface area (Å²) in [5.74, 6) is -0.298. The van der Waals surface area contributed by atoms with Gasteiger partial charge in [-0.1, -0.05) is 80.3 Å². The molecule has 3 aliphatic rings. The molecule has 1 amide bonds. The van der Waals surface area contributed by atoms with Crippen LogP contribution in [0.3, 0.4) is 0 Å². The van der Waals surface area contributed by atoms with Gasteiger partial charge in [-0.15, -0.1) is 0 Å². The third kappa shape index (κ3) is 4.68. The number of amides is 1. The molecular weight excluding hydrogens is 434 g/mol. The van der Waals surface area contributed by atoms with E-state index in [0.717, 1.165) is 62.5 Å². The lowest BCUT2D eigenvalue weighted by Gasteiger charge is -2.50. The Morgan fingerprint density at radius 3 is 2.37 bits per heavy atom. The summed E-state index contributed by atoms with van der Waals surface area (Å²) in [5.41, 5.74) is 2.87. The number of benzene rings is 2. The van der Waals surface area contributed by atoms with E-state index in [1.54, 1.807) is 0 Å². The Morgan fingerprint density at radius 1 is 1.00 bits per heavy atom. The van der Waals surface area contributed by atoms with Gasteiger partial charge in [-0.05, 0) is 22.6 Å². The van der Waals surface area contributed by atoms with E-state index >= 15 is 0 Å². The molecule has 0 spiro atoms. The average molecular weight is 474 g/mol. The van der Waals surface area contributed by atoms with Crippen LogP contribution in [0.1, 0.15) is 61.6 Å². The topological polar surface area (TPSA) is 55.7 Å². The van der Waals surface area contributed by atoms with Gasteiger partial charge in [-0.3, -0.25) is 9.79 Å². The van der Waals surface area contributed by atoms with Crippen molar-refractivity contribution in [1.29, 1.82) is 0 Å². The molecule has 0 bridgehead atoms. The number of fused-ring (bicyclic) bond motifs is 1. The van der Waals surface area contributed by atoms with Gasteiger partial charge in [0.2, 0.25) is 5.91 Å². The molecule has 2 aromatic rings. The highest BCUT2D eigenvalue weighted by Gasteiger charge is 2.42. The van der Waals surface area contributed by atoms with E-state index in [4.69, 9.17) is 4.99 Å². The maximum absolute atomic E-state index is 14.3. The van der Waals surface area contributed by atoms with Crippen LogP contribution >= 0.6 is 0 Å². The molecule has 2 heterocycles. The fourth-order valence-electron chi connectivity index (χ4n) is 6.55. The van der Waals surface area contributed by atoms with Gasteiger partial charge in [0.05, 0.1) is 33.2 Å². The molecule has 0 N–H and O–H groups in total. The highest BCUT2D eigenvalue weighted by Crippen LogP contribution is 2.40. The maximum atomic E-state index is 14.3. The largest absolute Gasteiger partial charge is 0.839 e. The fourth-order valence-corrected chi connectivity index (χ4v) is 6.55. The molecule has 35 heavy (non-hydrogen) atoms. The second-order valence-electron chi connectivity index (χ2n) is 11.3. The summed E-state index contributed by atoms with van der Waals surface area (Å²) >= 11 is 0. The number of carbonyl (C=O) groups is 1. The monoisotopic (exact) mass is 473 g/mol. The lowest BCUT2D eigenvalue weighted by atomic mass is 9.78. The number of rotatable bonds is 7. The first-order chi connectivity index (χ1) is 16.9. The Morgan fingerprint density at radius 2 is 1.66 bits per heavy atom. The summed E-state index contributed by atoms with van der Waals surface area (Å²) in [6.07, 6.45) is 6.68. The maximum Gasteiger partial charge on any atom is 0.216 e. The molecule has 1 atom stereocenters. The van der Waals surface area contributed by atoms with E-state index in [1.807, 2.05) is 35.2 Å². The third-order valence-electron chi connectivity index (χ3n) is 8.88. The van der Waals surface area contributed by atoms with Gasteiger partial charge in [0.1, 0.15) is 0 Å². The highest BCUT2D eigenvalue weighted by atomic mass is 16.3. The Balaban J connectivity index is 1.22. The van der Waals surface area contributed by atoms with E-state index < -0.39 is 5.60 Å². The Kier molecular flexibility index (Phi) is 6.82. The number of nitrogens with zero attached hydrogens (tertiary/aromatic N) is 3. The van der Waals surface area contributed by atoms with Gasteiger partial charge in [0, 0.05) is 43.6 Å². The molecule has 5 nitrogen and oxygen atoms in total. The van der Waals surface area contributed by atoms with E-state index in [0.29, 0.717) is 24.7 Å². The summed E-state index contributed by atoms with van der Waals surface area (Å²) in [6, 6.07) is 18.5. The zero-order valence-electron chi connectivity index (χ0n) is 21.3. The minimum atomic E-state index is -1.65. The zero-order valence-corrected chi connectivity index (χ0v) is 21.3. The van der Waals surface area contributed by atoms with Crippen LogP contribution in [0.25, 0.3) is 0 Å². The predicted octanol–water partition coefficient (Wildman–Crippen LogP) is 3.89. The SMILES string of the molecule is C[N+](C)(CCC1=NCc2ccccc21)C1CCN(C(=O)C([O-])(c2ccccc2)C2CCCC2)CC1. The van der Waals surface area contributed by atoms with Gasteiger partial charge >= 0.3 is 0 Å². The average Bonchev–Trinajstić information content (AvgIpc) is 3.58. The van der Waals surface area contributed by atoms with Crippen molar-refractivity contribution in [3.8, 4) is 0 Å². The van der Waals surface area contributed by atoms with Crippen LogP contribution in [-0.2, 0) is 16.9 Å². The van der Waals surface area contributed by atoms with Gasteiger partial charge in [0.15, 0.2) is 0 Å². The van der Waals surface area contributed by atoms with Crippen molar-refractivity contribution in [3.05, 3.63) is 71.3 Å². The molecule has 1 unspecified atom stereocenters. The highest BCUT2D eigenvalue weighted by molar-refractivity contribution is 6.03. The molecule has 0 radical (unpaired) electrons. The van der Waals surface area contributed by atoms with Gasteiger partial charge in [-0.2, -0.15) is 0 Å². The summed E-state index contributed by atoms with van der Waals surface area (Å²) < 4.78 is 0.924. The van der Waals surface area contributed by atoms with Gasteiger partial charge in [0.25, 0.3) is 0 Å². The molecule has 1 saturated carbocycles. The van der Waals surface area contributed by atoms with Crippen LogP contribution in [0.15, 0.2) is 59.6 Å². The second-order valence-corrected chi connectivity index (χ2v) is 11.3. The number of piperidine rings is 1. The summed E-state index contributed by atoms with van der Waals surface area (Å²) in [7, 11) is 4.62. The number of quaternary nitrogens is 1. The Hall–Kier alpha value is -2.50. The first-order valence-corrected chi connectivity index (χ1v) is 13.4. The molecule has 2 fully saturated rings. The van der Waals surface area contributed by atoms with Crippen LogP contribution in [-0.4, -0.2) is 60.8 Å². The van der Waals surface area contributed by atoms with Crippen molar-refractivity contribution in [3.63, 3.8) is 0 Å². The predicted molar refractivity (Wildman–Crippen MR) is 138 cm³/mol. The smallest absolute Gasteiger partial charge is 0.216 e. The fraction of sp³-hybridized carbons (Fsp3) is 0.533. The number of carbonyl (C=O) groups excluding carboxylic acids is 1. The minimum Gasteiger partial charge on any atom is -0.839 e. The first kappa shape index (κ1) is 24.2. The van der Waals surface area contributed by atoms with E-state index in [2.05, 4.69) is 38.4 Å². The number of hydrogen-bond donors (Lipinski definition) is 0. The molecule has 5 heteroatoms. The summed E-state index contributed by atoms with van der Waals surface area (Å²) in [6.45, 7) is 3.19. The normalized spacial score (nSPS) is 21.0. The standard InChI is InChI=1S/C30H39N3O2/c1-33(2,21-18-28-27-15-9-6-10-23(27)22-31-28)26-16-19-32(20-17-26)29(34)30(35,25-13-7-8-14-25)24-11-4-3-5-12-24/h3-6,9-12,15,25-26H,7-8,13-14,16-22H2,1-2H3. The van der Waals surface area contributed by atoms with Gasteiger partial charge < -0.3 is 14.5 Å². The molecule has 0 aromatic heterocycles. The van der Waals surface area contributed by atoms with E-state index in [-0.39, 0.29) is 11.8 Å². The van der Waals surface area contributed by atoms with E-state index in [1.165, 1.54) is 16.8 Å². The number of hydrogen-bond acceptors (Lipinski definition) is 3. The van der Waals surface area contributed by atoms with Crippen molar-refractivity contribution in [2.24, 2.45) is 10.9 Å². The minimum absolute atomic E-state index is 0.0996.